The highest BCUT2D eigenvalue weighted by atomic mass is 16.5. The second kappa shape index (κ2) is 10.4. The maximum Gasteiger partial charge on any atom is 0.323 e. The smallest absolute Gasteiger partial charge is 0.323 e. The Balaban J connectivity index is 1.16. The van der Waals surface area contributed by atoms with Crippen LogP contribution in [0.1, 0.15) is 0 Å². The third kappa shape index (κ3) is 5.54. The van der Waals surface area contributed by atoms with Crippen LogP contribution in [-0.2, 0) is 11.3 Å². The summed E-state index contributed by atoms with van der Waals surface area (Å²) >= 11 is 0. The molecule has 0 atom stereocenters. The van der Waals surface area contributed by atoms with E-state index in [0.29, 0.717) is 17.1 Å². The van der Waals surface area contributed by atoms with Gasteiger partial charge in [-0.15, -0.1) is 0 Å². The first-order valence-corrected chi connectivity index (χ1v) is 11.4. The molecule has 8 nitrogen and oxygen atoms in total. The van der Waals surface area contributed by atoms with E-state index in [2.05, 4.69) is 20.6 Å². The van der Waals surface area contributed by atoms with Gasteiger partial charge in [-0.1, -0.05) is 18.2 Å². The molecule has 0 saturated carbocycles. The fourth-order valence-corrected chi connectivity index (χ4v) is 3.93. The molecule has 1 aliphatic rings. The third-order valence-electron chi connectivity index (χ3n) is 5.72. The fourth-order valence-electron chi connectivity index (χ4n) is 3.93. The molecule has 1 aromatic heterocycles. The zero-order chi connectivity index (χ0) is 23.2. The van der Waals surface area contributed by atoms with Crippen LogP contribution in [0.4, 0.5) is 16.2 Å². The number of morpholine rings is 1. The highest BCUT2D eigenvalue weighted by molar-refractivity contribution is 6.01. The summed E-state index contributed by atoms with van der Waals surface area (Å²) in [5.41, 5.74) is 2.44. The Labute approximate surface area is 198 Å². The number of urea groups is 1. The number of benzene rings is 3. The Kier molecular flexibility index (Phi) is 6.69. The Morgan fingerprint density at radius 1 is 0.882 bits per heavy atom. The van der Waals surface area contributed by atoms with Crippen LogP contribution in [0.3, 0.4) is 0 Å². The summed E-state index contributed by atoms with van der Waals surface area (Å²) < 4.78 is 13.2. The molecule has 1 saturated heterocycles. The second-order valence-corrected chi connectivity index (χ2v) is 8.11. The Bertz CT molecular complexity index is 1230. The zero-order valence-electron chi connectivity index (χ0n) is 18.8. The summed E-state index contributed by atoms with van der Waals surface area (Å²) in [6.07, 6.45) is 1.84. The van der Waals surface area contributed by atoms with Gasteiger partial charge in [0.05, 0.1) is 31.5 Å². The van der Waals surface area contributed by atoms with E-state index in [1.165, 1.54) is 0 Å². The number of rotatable bonds is 7. The van der Waals surface area contributed by atoms with Crippen LogP contribution in [0.5, 0.6) is 11.5 Å². The van der Waals surface area contributed by atoms with Crippen molar-refractivity contribution in [2.45, 2.75) is 6.54 Å². The number of ether oxygens (including phenoxy) is 2. The molecule has 8 heteroatoms. The molecule has 2 N–H and O–H groups in total. The van der Waals surface area contributed by atoms with E-state index in [1.807, 2.05) is 71.5 Å². The van der Waals surface area contributed by atoms with Crippen LogP contribution in [0, 0.1) is 0 Å². The standard InChI is InChI=1S/C26H27N5O3/c32-26(28-21-6-9-24(10-7-21)34-23-4-2-1-3-5-23)29-22-8-11-25-20(18-22)19-27-31(25)13-12-30-14-16-33-17-15-30/h1-11,18-19H,12-17H2,(H2,28,29,32). The molecule has 0 bridgehead atoms. The first-order valence-electron chi connectivity index (χ1n) is 11.4. The molecule has 1 aliphatic heterocycles. The van der Waals surface area contributed by atoms with E-state index >= 15 is 0 Å². The van der Waals surface area contributed by atoms with Crippen molar-refractivity contribution in [1.29, 1.82) is 0 Å². The summed E-state index contributed by atoms with van der Waals surface area (Å²) in [5, 5.41) is 11.3. The van der Waals surface area contributed by atoms with Crippen molar-refractivity contribution in [3.8, 4) is 11.5 Å². The van der Waals surface area contributed by atoms with Gasteiger partial charge in [0.15, 0.2) is 0 Å². The second-order valence-electron chi connectivity index (χ2n) is 8.11. The lowest BCUT2D eigenvalue weighted by molar-refractivity contribution is 0.0361. The number of para-hydroxylation sites is 1. The Morgan fingerprint density at radius 2 is 1.59 bits per heavy atom. The minimum atomic E-state index is -0.309. The molecule has 0 spiro atoms. The van der Waals surface area contributed by atoms with Crippen molar-refractivity contribution in [2.75, 3.05) is 43.5 Å². The highest BCUT2D eigenvalue weighted by Crippen LogP contribution is 2.23. The summed E-state index contributed by atoms with van der Waals surface area (Å²) in [6, 6.07) is 22.3. The van der Waals surface area contributed by atoms with Gasteiger partial charge in [-0.3, -0.25) is 9.58 Å². The van der Waals surface area contributed by atoms with Crippen LogP contribution in [-0.4, -0.2) is 53.6 Å². The fraction of sp³-hybridized carbons (Fsp3) is 0.231. The average Bonchev–Trinajstić information content (AvgIpc) is 3.27. The molecule has 34 heavy (non-hydrogen) atoms. The highest BCUT2D eigenvalue weighted by Gasteiger charge is 2.12. The Morgan fingerprint density at radius 3 is 2.38 bits per heavy atom. The largest absolute Gasteiger partial charge is 0.457 e. The number of aromatic nitrogens is 2. The number of hydrogen-bond acceptors (Lipinski definition) is 5. The number of fused-ring (bicyclic) bond motifs is 1. The molecule has 2 amide bonds. The molecule has 0 unspecified atom stereocenters. The van der Waals surface area contributed by atoms with Gasteiger partial charge in [0.1, 0.15) is 11.5 Å². The number of amides is 2. The number of hydrogen-bond donors (Lipinski definition) is 2. The van der Waals surface area contributed by atoms with E-state index in [1.54, 1.807) is 12.1 Å². The number of carbonyl (C=O) groups excluding carboxylic acids is 1. The van der Waals surface area contributed by atoms with Crippen LogP contribution in [0.25, 0.3) is 10.9 Å². The molecular formula is C26H27N5O3. The predicted molar refractivity (Wildman–Crippen MR) is 133 cm³/mol. The van der Waals surface area contributed by atoms with E-state index in [-0.39, 0.29) is 6.03 Å². The summed E-state index contributed by atoms with van der Waals surface area (Å²) in [5.74, 6) is 1.47. The van der Waals surface area contributed by atoms with E-state index in [4.69, 9.17) is 9.47 Å². The summed E-state index contributed by atoms with van der Waals surface area (Å²) in [4.78, 5) is 14.9. The first kappa shape index (κ1) is 21.9. The van der Waals surface area contributed by atoms with Gasteiger partial charge in [0.25, 0.3) is 0 Å². The molecule has 3 aromatic carbocycles. The lowest BCUT2D eigenvalue weighted by atomic mass is 10.2. The molecular weight excluding hydrogens is 430 g/mol. The maximum absolute atomic E-state index is 12.5. The predicted octanol–water partition coefficient (Wildman–Crippen LogP) is 4.80. The lowest BCUT2D eigenvalue weighted by Crippen LogP contribution is -2.38. The van der Waals surface area contributed by atoms with Crippen molar-refractivity contribution in [1.82, 2.24) is 14.7 Å². The van der Waals surface area contributed by atoms with Gasteiger partial charge in [-0.05, 0) is 54.6 Å². The number of anilines is 2. The van der Waals surface area contributed by atoms with E-state index < -0.39 is 0 Å². The van der Waals surface area contributed by atoms with Crippen molar-refractivity contribution >= 4 is 28.3 Å². The maximum atomic E-state index is 12.5. The van der Waals surface area contributed by atoms with Gasteiger partial charge in [0.2, 0.25) is 0 Å². The van der Waals surface area contributed by atoms with E-state index in [0.717, 1.165) is 56.0 Å². The SMILES string of the molecule is O=C(Nc1ccc(Oc2ccccc2)cc1)Nc1ccc2c(cnn2CCN2CCOCC2)c1. The average molecular weight is 458 g/mol. The van der Waals surface area contributed by atoms with Crippen LogP contribution < -0.4 is 15.4 Å². The molecule has 5 rings (SSSR count). The summed E-state index contributed by atoms with van der Waals surface area (Å²) in [7, 11) is 0. The van der Waals surface area contributed by atoms with Gasteiger partial charge in [-0.25, -0.2) is 4.79 Å². The lowest BCUT2D eigenvalue weighted by Gasteiger charge is -2.26. The molecule has 0 aliphatic carbocycles. The van der Waals surface area contributed by atoms with Gasteiger partial charge in [-0.2, -0.15) is 5.10 Å². The first-order chi connectivity index (χ1) is 16.7. The molecule has 2 heterocycles. The van der Waals surface area contributed by atoms with E-state index in [9.17, 15) is 4.79 Å². The third-order valence-corrected chi connectivity index (χ3v) is 5.72. The molecule has 174 valence electrons. The molecule has 4 aromatic rings. The van der Waals surface area contributed by atoms with Crippen LogP contribution in [0.15, 0.2) is 79.0 Å². The number of nitrogens with zero attached hydrogens (tertiary/aromatic N) is 3. The van der Waals surface area contributed by atoms with Crippen molar-refractivity contribution < 1.29 is 14.3 Å². The summed E-state index contributed by atoms with van der Waals surface area (Å²) in [6.45, 7) is 5.28. The molecule has 1 fully saturated rings. The monoisotopic (exact) mass is 457 g/mol. The normalized spacial score (nSPS) is 14.1. The van der Waals surface area contributed by atoms with Crippen LogP contribution >= 0.6 is 0 Å². The van der Waals surface area contributed by atoms with Gasteiger partial charge >= 0.3 is 6.03 Å². The van der Waals surface area contributed by atoms with Gasteiger partial charge < -0.3 is 20.1 Å². The minimum Gasteiger partial charge on any atom is -0.457 e. The number of carbonyl (C=O) groups is 1. The quantitative estimate of drug-likeness (QED) is 0.417. The van der Waals surface area contributed by atoms with Crippen molar-refractivity contribution in [3.05, 3.63) is 79.0 Å². The topological polar surface area (TPSA) is 80.7 Å². The zero-order valence-corrected chi connectivity index (χ0v) is 18.8. The molecule has 0 radical (unpaired) electrons. The van der Waals surface area contributed by atoms with Crippen molar-refractivity contribution in [2.24, 2.45) is 0 Å². The van der Waals surface area contributed by atoms with Crippen molar-refractivity contribution in [3.63, 3.8) is 0 Å². The number of nitrogens with one attached hydrogen (secondary N) is 2. The minimum absolute atomic E-state index is 0.309. The Hall–Kier alpha value is -3.88. The van der Waals surface area contributed by atoms with Gasteiger partial charge in [0, 0.05) is 36.4 Å². The van der Waals surface area contributed by atoms with Crippen LogP contribution in [0.2, 0.25) is 0 Å².